The predicted octanol–water partition coefficient (Wildman–Crippen LogP) is 3.83. The highest BCUT2D eigenvalue weighted by atomic mass is 35.5. The van der Waals surface area contributed by atoms with Gasteiger partial charge in [-0.25, -0.2) is 0 Å². The van der Waals surface area contributed by atoms with Crippen molar-refractivity contribution in [2.24, 2.45) is 11.8 Å². The van der Waals surface area contributed by atoms with Crippen LogP contribution in [0.4, 0.5) is 5.13 Å². The van der Waals surface area contributed by atoms with Crippen LogP contribution in [-0.4, -0.2) is 29.2 Å². The average Bonchev–Trinajstić information content (AvgIpc) is 2.97. The molecule has 0 saturated carbocycles. The topological polar surface area (TPSA) is 66.9 Å². The predicted molar refractivity (Wildman–Crippen MR) is 98.5 cm³/mol. The molecule has 7 heteroatoms. The molecule has 2 heterocycles. The standard InChI is InChI=1S/C16H28N4OS.ClH/c1-4-12(5-2)15-19-20-16(22-15)18-14(21)10-11(3)13-6-8-17-9-7-13;/h11-13,17H,4-10H2,1-3H3,(H,18,20,21);1H. The molecule has 2 rings (SSSR count). The highest BCUT2D eigenvalue weighted by Crippen LogP contribution is 2.29. The Balaban J connectivity index is 0.00000264. The van der Waals surface area contributed by atoms with Gasteiger partial charge in [0.15, 0.2) is 0 Å². The van der Waals surface area contributed by atoms with Gasteiger partial charge < -0.3 is 10.6 Å². The lowest BCUT2D eigenvalue weighted by molar-refractivity contribution is -0.117. The minimum absolute atomic E-state index is 0. The van der Waals surface area contributed by atoms with E-state index < -0.39 is 0 Å². The monoisotopic (exact) mass is 360 g/mol. The Morgan fingerprint density at radius 1 is 1.30 bits per heavy atom. The van der Waals surface area contributed by atoms with E-state index in [9.17, 15) is 4.79 Å². The van der Waals surface area contributed by atoms with Crippen LogP contribution in [0.2, 0.25) is 0 Å². The van der Waals surface area contributed by atoms with Crippen molar-refractivity contribution in [2.75, 3.05) is 18.4 Å². The van der Waals surface area contributed by atoms with Gasteiger partial charge in [0.1, 0.15) is 5.01 Å². The number of hydrogen-bond donors (Lipinski definition) is 2. The Bertz CT molecular complexity index is 472. The van der Waals surface area contributed by atoms with Crippen molar-refractivity contribution in [3.05, 3.63) is 5.01 Å². The quantitative estimate of drug-likeness (QED) is 0.775. The Morgan fingerprint density at radius 2 is 1.96 bits per heavy atom. The van der Waals surface area contributed by atoms with E-state index in [1.165, 1.54) is 24.2 Å². The van der Waals surface area contributed by atoms with Crippen molar-refractivity contribution in [3.8, 4) is 0 Å². The maximum absolute atomic E-state index is 12.2. The van der Waals surface area contributed by atoms with Crippen molar-refractivity contribution in [1.82, 2.24) is 15.5 Å². The molecule has 1 aliphatic rings. The fourth-order valence-corrected chi connectivity index (χ4v) is 4.16. The normalized spacial score (nSPS) is 16.9. The first-order valence-electron chi connectivity index (χ1n) is 8.48. The Labute approximate surface area is 149 Å². The lowest BCUT2D eigenvalue weighted by Gasteiger charge is -2.27. The number of nitrogens with zero attached hydrogens (tertiary/aromatic N) is 2. The molecule has 5 nitrogen and oxygen atoms in total. The van der Waals surface area contributed by atoms with Crippen LogP contribution < -0.4 is 10.6 Å². The van der Waals surface area contributed by atoms with Crippen molar-refractivity contribution in [3.63, 3.8) is 0 Å². The molecule has 2 N–H and O–H groups in total. The second-order valence-corrected chi connectivity index (χ2v) is 7.28. The van der Waals surface area contributed by atoms with Gasteiger partial charge in [0.2, 0.25) is 11.0 Å². The number of piperidine rings is 1. The molecule has 1 saturated heterocycles. The minimum Gasteiger partial charge on any atom is -0.317 e. The lowest BCUT2D eigenvalue weighted by atomic mass is 9.84. The average molecular weight is 361 g/mol. The molecule has 0 spiro atoms. The number of anilines is 1. The number of carbonyl (C=O) groups excluding carboxylic acids is 1. The zero-order chi connectivity index (χ0) is 15.9. The van der Waals surface area contributed by atoms with E-state index in [-0.39, 0.29) is 18.3 Å². The minimum atomic E-state index is 0. The van der Waals surface area contributed by atoms with Gasteiger partial charge in [0.25, 0.3) is 0 Å². The van der Waals surface area contributed by atoms with E-state index in [1.54, 1.807) is 0 Å². The zero-order valence-corrected chi connectivity index (χ0v) is 15.9. The third kappa shape index (κ3) is 6.01. The fraction of sp³-hybridized carbons (Fsp3) is 0.812. The SMILES string of the molecule is CCC(CC)c1nnc(NC(=O)CC(C)C2CCNCC2)s1.Cl. The van der Waals surface area contributed by atoms with E-state index in [4.69, 9.17) is 0 Å². The molecule has 23 heavy (non-hydrogen) atoms. The molecule has 132 valence electrons. The van der Waals surface area contributed by atoms with Crippen LogP contribution in [-0.2, 0) is 4.79 Å². The van der Waals surface area contributed by atoms with E-state index >= 15 is 0 Å². The Kier molecular flexibility index (Phi) is 9.02. The van der Waals surface area contributed by atoms with Crippen LogP contribution >= 0.6 is 23.7 Å². The van der Waals surface area contributed by atoms with Gasteiger partial charge in [0, 0.05) is 12.3 Å². The van der Waals surface area contributed by atoms with Crippen molar-refractivity contribution in [2.45, 2.75) is 58.8 Å². The maximum atomic E-state index is 12.2. The van der Waals surface area contributed by atoms with Gasteiger partial charge in [-0.1, -0.05) is 32.1 Å². The van der Waals surface area contributed by atoms with Crippen LogP contribution in [0.1, 0.15) is 63.8 Å². The third-order valence-corrected chi connectivity index (χ3v) is 5.72. The highest BCUT2D eigenvalue weighted by Gasteiger charge is 2.22. The Morgan fingerprint density at radius 3 is 2.57 bits per heavy atom. The summed E-state index contributed by atoms with van der Waals surface area (Å²) in [6.45, 7) is 8.66. The summed E-state index contributed by atoms with van der Waals surface area (Å²) < 4.78 is 0. The zero-order valence-electron chi connectivity index (χ0n) is 14.3. The largest absolute Gasteiger partial charge is 0.317 e. The summed E-state index contributed by atoms with van der Waals surface area (Å²) in [7, 11) is 0. The first-order chi connectivity index (χ1) is 10.6. The molecule has 0 aliphatic carbocycles. The summed E-state index contributed by atoms with van der Waals surface area (Å²) in [5.41, 5.74) is 0. The second kappa shape index (κ2) is 10.2. The smallest absolute Gasteiger partial charge is 0.226 e. The number of halogens is 1. The summed E-state index contributed by atoms with van der Waals surface area (Å²) in [6.07, 6.45) is 5.04. The molecule has 1 unspecified atom stereocenters. The van der Waals surface area contributed by atoms with Crippen LogP contribution in [0.3, 0.4) is 0 Å². The first kappa shape index (κ1) is 20.3. The van der Waals surface area contributed by atoms with Crippen molar-refractivity contribution in [1.29, 1.82) is 0 Å². The van der Waals surface area contributed by atoms with E-state index in [2.05, 4.69) is 41.6 Å². The van der Waals surface area contributed by atoms with Gasteiger partial charge in [-0.3, -0.25) is 4.79 Å². The molecule has 1 aromatic rings. The summed E-state index contributed by atoms with van der Waals surface area (Å²) in [5, 5.41) is 16.3. The number of rotatable bonds is 7. The molecule has 1 atom stereocenters. The van der Waals surface area contributed by atoms with E-state index in [1.807, 2.05) is 0 Å². The fourth-order valence-electron chi connectivity index (χ4n) is 3.13. The molecule has 1 aliphatic heterocycles. The van der Waals surface area contributed by atoms with Crippen molar-refractivity contribution >= 4 is 34.8 Å². The van der Waals surface area contributed by atoms with Gasteiger partial charge in [0.05, 0.1) is 0 Å². The molecule has 0 bridgehead atoms. The third-order valence-electron chi connectivity index (χ3n) is 4.72. The van der Waals surface area contributed by atoms with Gasteiger partial charge in [-0.05, 0) is 50.6 Å². The molecular weight excluding hydrogens is 332 g/mol. The Hall–Kier alpha value is -0.720. The molecule has 0 aromatic carbocycles. The van der Waals surface area contributed by atoms with Gasteiger partial charge >= 0.3 is 0 Å². The molecule has 1 aromatic heterocycles. The second-order valence-electron chi connectivity index (χ2n) is 6.28. The maximum Gasteiger partial charge on any atom is 0.226 e. The number of nitrogens with one attached hydrogen (secondary N) is 2. The first-order valence-corrected chi connectivity index (χ1v) is 9.29. The van der Waals surface area contributed by atoms with Crippen LogP contribution in [0.5, 0.6) is 0 Å². The van der Waals surface area contributed by atoms with Crippen LogP contribution in [0.25, 0.3) is 0 Å². The summed E-state index contributed by atoms with van der Waals surface area (Å²) in [4.78, 5) is 12.2. The molecule has 0 radical (unpaired) electrons. The molecule has 1 fully saturated rings. The number of carbonyl (C=O) groups is 1. The highest BCUT2D eigenvalue weighted by molar-refractivity contribution is 7.15. The number of amides is 1. The van der Waals surface area contributed by atoms with Gasteiger partial charge in [-0.2, -0.15) is 0 Å². The number of aromatic nitrogens is 2. The van der Waals surface area contributed by atoms with E-state index in [0.717, 1.165) is 30.9 Å². The number of hydrogen-bond acceptors (Lipinski definition) is 5. The molecular formula is C16H29ClN4OS. The summed E-state index contributed by atoms with van der Waals surface area (Å²) >= 11 is 1.52. The van der Waals surface area contributed by atoms with Crippen LogP contribution in [0, 0.1) is 11.8 Å². The summed E-state index contributed by atoms with van der Waals surface area (Å²) in [5.74, 6) is 1.60. The van der Waals surface area contributed by atoms with Crippen molar-refractivity contribution < 1.29 is 4.79 Å². The van der Waals surface area contributed by atoms with Gasteiger partial charge in [-0.15, -0.1) is 22.6 Å². The summed E-state index contributed by atoms with van der Waals surface area (Å²) in [6, 6.07) is 0. The van der Waals surface area contributed by atoms with Crippen LogP contribution in [0.15, 0.2) is 0 Å². The molecule has 1 amide bonds. The van der Waals surface area contributed by atoms with E-state index in [0.29, 0.717) is 29.3 Å². The lowest BCUT2D eigenvalue weighted by Crippen LogP contribution is -2.32.